The lowest BCUT2D eigenvalue weighted by Crippen LogP contribution is -2.31. The van der Waals surface area contributed by atoms with Crippen LogP contribution in [0.5, 0.6) is 0 Å². The molecule has 0 aliphatic rings. The van der Waals surface area contributed by atoms with Crippen LogP contribution < -0.4 is 10.9 Å². The molecule has 27 heavy (non-hydrogen) atoms. The molecule has 0 aliphatic carbocycles. The van der Waals surface area contributed by atoms with Crippen LogP contribution in [-0.4, -0.2) is 15.9 Å². The molecule has 2 heterocycles. The number of pyridine rings is 2. The lowest BCUT2D eigenvalue weighted by Gasteiger charge is -2.16. The summed E-state index contributed by atoms with van der Waals surface area (Å²) in [6.07, 6.45) is -0.167. The van der Waals surface area contributed by atoms with Crippen molar-refractivity contribution in [3.8, 4) is 0 Å². The van der Waals surface area contributed by atoms with E-state index >= 15 is 0 Å². The highest BCUT2D eigenvalue weighted by molar-refractivity contribution is 5.83. The van der Waals surface area contributed by atoms with E-state index < -0.39 is 23.6 Å². The van der Waals surface area contributed by atoms with Crippen molar-refractivity contribution in [1.82, 2.24) is 15.3 Å². The lowest BCUT2D eigenvalue weighted by atomic mass is 10.0. The number of fused-ring (bicyclic) bond motifs is 1. The van der Waals surface area contributed by atoms with E-state index in [-0.39, 0.29) is 17.5 Å². The molecule has 3 aromatic rings. The van der Waals surface area contributed by atoms with Crippen LogP contribution in [0.2, 0.25) is 0 Å². The fraction of sp³-hybridized carbons (Fsp3) is 0.250. The van der Waals surface area contributed by atoms with E-state index in [1.165, 1.54) is 6.07 Å². The van der Waals surface area contributed by atoms with E-state index in [4.69, 9.17) is 0 Å². The van der Waals surface area contributed by atoms with Crippen LogP contribution >= 0.6 is 0 Å². The van der Waals surface area contributed by atoms with Gasteiger partial charge in [0.15, 0.2) is 0 Å². The molecule has 0 radical (unpaired) electrons. The Morgan fingerprint density at radius 2 is 1.96 bits per heavy atom. The monoisotopic (exact) mass is 371 g/mol. The van der Waals surface area contributed by atoms with Gasteiger partial charge in [-0.3, -0.25) is 14.6 Å². The van der Waals surface area contributed by atoms with Crippen molar-refractivity contribution in [2.45, 2.75) is 33.2 Å². The zero-order chi connectivity index (χ0) is 19.7. The lowest BCUT2D eigenvalue weighted by molar-refractivity contribution is -0.121. The summed E-state index contributed by atoms with van der Waals surface area (Å²) in [7, 11) is 0. The first kappa shape index (κ1) is 18.7. The van der Waals surface area contributed by atoms with Crippen molar-refractivity contribution < 1.29 is 13.6 Å². The van der Waals surface area contributed by atoms with Gasteiger partial charge in [-0.15, -0.1) is 0 Å². The van der Waals surface area contributed by atoms with E-state index in [2.05, 4.69) is 15.3 Å². The van der Waals surface area contributed by atoms with Gasteiger partial charge in [0.1, 0.15) is 11.6 Å². The summed E-state index contributed by atoms with van der Waals surface area (Å²) in [6, 6.07) is 6.09. The molecule has 0 aliphatic heterocycles. The Balaban J connectivity index is 1.84. The van der Waals surface area contributed by atoms with Gasteiger partial charge in [-0.25, -0.2) is 8.78 Å². The molecule has 140 valence electrons. The molecule has 5 nitrogen and oxygen atoms in total. The topological polar surface area (TPSA) is 74.8 Å². The zero-order valence-electron chi connectivity index (χ0n) is 15.2. The van der Waals surface area contributed by atoms with Crippen molar-refractivity contribution in [1.29, 1.82) is 0 Å². The SMILES string of the molecule is Cc1ccc2[nH]c(=O)c(CC(=O)N[C@@H](C)c3ccc(F)cc3F)c(C)c2n1. The minimum absolute atomic E-state index is 0.167. The van der Waals surface area contributed by atoms with Crippen molar-refractivity contribution >= 4 is 16.9 Å². The molecule has 0 saturated heterocycles. The van der Waals surface area contributed by atoms with Crippen LogP contribution in [0.4, 0.5) is 8.78 Å². The number of carbonyl (C=O) groups excluding carboxylic acids is 1. The number of aryl methyl sites for hydroxylation is 2. The van der Waals surface area contributed by atoms with Gasteiger partial charge in [0.05, 0.1) is 23.5 Å². The van der Waals surface area contributed by atoms with Gasteiger partial charge in [-0.1, -0.05) is 6.07 Å². The highest BCUT2D eigenvalue weighted by Gasteiger charge is 2.18. The second kappa shape index (κ2) is 7.26. The maximum absolute atomic E-state index is 13.9. The molecule has 0 saturated carbocycles. The van der Waals surface area contributed by atoms with E-state index in [1.807, 2.05) is 6.92 Å². The standard InChI is InChI=1S/C20H19F2N3O2/c1-10-4-7-17-19(23-10)11(2)15(20(27)25-17)9-18(26)24-12(3)14-6-5-13(21)8-16(14)22/h4-8,12H,9H2,1-3H3,(H,24,26)(H,25,27)/t12-/m0/s1. The van der Waals surface area contributed by atoms with Crippen LogP contribution in [0.15, 0.2) is 35.1 Å². The molecule has 0 spiro atoms. The number of H-pyrrole nitrogens is 1. The number of nitrogens with one attached hydrogen (secondary N) is 2. The van der Waals surface area contributed by atoms with Gasteiger partial charge >= 0.3 is 0 Å². The molecule has 3 rings (SSSR count). The van der Waals surface area contributed by atoms with Crippen molar-refractivity contribution in [2.24, 2.45) is 0 Å². The van der Waals surface area contributed by atoms with Crippen molar-refractivity contribution in [3.63, 3.8) is 0 Å². The average Bonchev–Trinajstić information content (AvgIpc) is 2.59. The number of amides is 1. The Labute approximate surface area is 154 Å². The fourth-order valence-electron chi connectivity index (χ4n) is 3.05. The van der Waals surface area contributed by atoms with Crippen molar-refractivity contribution in [2.75, 3.05) is 0 Å². The Kier molecular flexibility index (Phi) is 5.03. The van der Waals surface area contributed by atoms with Crippen LogP contribution in [0.3, 0.4) is 0 Å². The van der Waals surface area contributed by atoms with Crippen LogP contribution in [-0.2, 0) is 11.2 Å². The summed E-state index contributed by atoms with van der Waals surface area (Å²) >= 11 is 0. The quantitative estimate of drug-likeness (QED) is 0.739. The number of carbonyl (C=O) groups is 1. The third-order valence-electron chi connectivity index (χ3n) is 4.51. The summed E-state index contributed by atoms with van der Waals surface area (Å²) in [5.74, 6) is -1.86. The Morgan fingerprint density at radius 1 is 1.22 bits per heavy atom. The first-order valence-corrected chi connectivity index (χ1v) is 8.49. The number of benzene rings is 1. The molecule has 0 unspecified atom stereocenters. The predicted molar refractivity (Wildman–Crippen MR) is 98.5 cm³/mol. The van der Waals surface area contributed by atoms with Gasteiger partial charge in [-0.05, 0) is 44.5 Å². The summed E-state index contributed by atoms with van der Waals surface area (Å²) < 4.78 is 26.9. The van der Waals surface area contributed by atoms with E-state index in [9.17, 15) is 18.4 Å². The molecule has 0 bridgehead atoms. The Bertz CT molecular complexity index is 1090. The summed E-state index contributed by atoms with van der Waals surface area (Å²) in [4.78, 5) is 31.9. The molecule has 7 heteroatoms. The molecule has 2 aromatic heterocycles. The number of halogens is 2. The van der Waals surface area contributed by atoms with Crippen molar-refractivity contribution in [3.05, 3.63) is 74.7 Å². The molecule has 1 amide bonds. The van der Waals surface area contributed by atoms with E-state index in [1.54, 1.807) is 26.0 Å². The number of hydrogen-bond donors (Lipinski definition) is 2. The first-order chi connectivity index (χ1) is 12.8. The average molecular weight is 371 g/mol. The summed E-state index contributed by atoms with van der Waals surface area (Å²) in [6.45, 7) is 5.18. The van der Waals surface area contributed by atoms with Gasteiger partial charge < -0.3 is 10.3 Å². The maximum Gasteiger partial charge on any atom is 0.252 e. The van der Waals surface area contributed by atoms with E-state index in [0.29, 0.717) is 22.2 Å². The predicted octanol–water partition coefficient (Wildman–Crippen LogP) is 3.24. The zero-order valence-corrected chi connectivity index (χ0v) is 15.2. The summed E-state index contributed by atoms with van der Waals surface area (Å²) in [5, 5.41) is 2.64. The van der Waals surface area contributed by atoms with Gasteiger partial charge in [0, 0.05) is 22.9 Å². The smallest absolute Gasteiger partial charge is 0.252 e. The molecule has 2 N–H and O–H groups in total. The molecule has 0 fully saturated rings. The third-order valence-corrected chi connectivity index (χ3v) is 4.51. The normalized spacial score (nSPS) is 12.2. The minimum atomic E-state index is -0.734. The minimum Gasteiger partial charge on any atom is -0.349 e. The Morgan fingerprint density at radius 3 is 2.67 bits per heavy atom. The first-order valence-electron chi connectivity index (χ1n) is 8.49. The highest BCUT2D eigenvalue weighted by atomic mass is 19.1. The highest BCUT2D eigenvalue weighted by Crippen LogP contribution is 2.19. The molecular weight excluding hydrogens is 352 g/mol. The largest absolute Gasteiger partial charge is 0.349 e. The summed E-state index contributed by atoms with van der Waals surface area (Å²) in [5.41, 5.74) is 2.79. The number of aromatic nitrogens is 2. The van der Waals surface area contributed by atoms with E-state index in [0.717, 1.165) is 17.8 Å². The molecule has 1 aromatic carbocycles. The van der Waals surface area contributed by atoms with Gasteiger partial charge in [-0.2, -0.15) is 0 Å². The second-order valence-corrected chi connectivity index (χ2v) is 6.54. The maximum atomic E-state index is 13.9. The number of aromatic amines is 1. The molecule has 1 atom stereocenters. The van der Waals surface area contributed by atoms with Crippen LogP contribution in [0, 0.1) is 25.5 Å². The van der Waals surface area contributed by atoms with Crippen LogP contribution in [0.25, 0.3) is 11.0 Å². The number of nitrogens with zero attached hydrogens (tertiary/aromatic N) is 1. The third kappa shape index (κ3) is 3.86. The Hall–Kier alpha value is -3.09. The number of hydrogen-bond acceptors (Lipinski definition) is 3. The fourth-order valence-corrected chi connectivity index (χ4v) is 3.05. The van der Waals surface area contributed by atoms with Gasteiger partial charge in [0.25, 0.3) is 5.56 Å². The molecular formula is C20H19F2N3O2. The van der Waals surface area contributed by atoms with Gasteiger partial charge in [0.2, 0.25) is 5.91 Å². The second-order valence-electron chi connectivity index (χ2n) is 6.54. The van der Waals surface area contributed by atoms with Crippen LogP contribution in [0.1, 0.15) is 35.3 Å². The number of rotatable bonds is 4.